The van der Waals surface area contributed by atoms with Crippen LogP contribution in [-0.4, -0.2) is 77.7 Å². The number of aromatic amines is 1. The third-order valence-corrected chi connectivity index (χ3v) is 7.43. The summed E-state index contributed by atoms with van der Waals surface area (Å²) in [6.45, 7) is 2.92. The summed E-state index contributed by atoms with van der Waals surface area (Å²) in [6, 6.07) is 15.4. The highest BCUT2D eigenvalue weighted by Crippen LogP contribution is 2.37. The Bertz CT molecular complexity index is 1200. The van der Waals surface area contributed by atoms with Crippen molar-refractivity contribution in [2.24, 2.45) is 5.92 Å². The van der Waals surface area contributed by atoms with Gasteiger partial charge in [-0.05, 0) is 61.7 Å². The normalized spacial score (nSPS) is 21.3. The molecule has 0 spiro atoms. The number of urea groups is 1. The zero-order chi connectivity index (χ0) is 25.1. The molecule has 1 atom stereocenters. The second-order valence-electron chi connectivity index (χ2n) is 9.63. The van der Waals surface area contributed by atoms with E-state index in [0.717, 1.165) is 60.6 Å². The molecule has 9 nitrogen and oxygen atoms in total. The van der Waals surface area contributed by atoms with Crippen LogP contribution in [0.2, 0.25) is 0 Å². The molecule has 3 aromatic rings. The number of aromatic nitrogens is 2. The number of H-pyrrole nitrogens is 1. The van der Waals surface area contributed by atoms with Crippen LogP contribution in [0, 0.1) is 5.92 Å². The minimum absolute atomic E-state index is 0.0135. The summed E-state index contributed by atoms with van der Waals surface area (Å²) in [5.74, 6) is 1.52. The fourth-order valence-corrected chi connectivity index (χ4v) is 5.55. The summed E-state index contributed by atoms with van der Waals surface area (Å²) in [5.41, 5.74) is 1.98. The van der Waals surface area contributed by atoms with Gasteiger partial charge < -0.3 is 19.8 Å². The van der Waals surface area contributed by atoms with Crippen molar-refractivity contribution in [1.82, 2.24) is 25.1 Å². The van der Waals surface area contributed by atoms with Gasteiger partial charge in [0.15, 0.2) is 0 Å². The smallest absolute Gasteiger partial charge is 0.325 e. The predicted octanol–water partition coefficient (Wildman–Crippen LogP) is 2.96. The average Bonchev–Trinajstić information content (AvgIpc) is 3.41. The van der Waals surface area contributed by atoms with Crippen LogP contribution in [0.25, 0.3) is 11.0 Å². The Morgan fingerprint density at radius 1 is 1.08 bits per heavy atom. The lowest BCUT2D eigenvalue weighted by Gasteiger charge is -2.41. The van der Waals surface area contributed by atoms with Crippen molar-refractivity contribution in [3.05, 3.63) is 59.9 Å². The summed E-state index contributed by atoms with van der Waals surface area (Å²) < 4.78 is 10.5. The van der Waals surface area contributed by atoms with Gasteiger partial charge in [-0.25, -0.2) is 9.78 Å². The first kappa shape index (κ1) is 24.3. The summed E-state index contributed by atoms with van der Waals surface area (Å²) in [6.07, 6.45) is 2.02. The SMILES string of the molecule is COCCN1C(=O)NC(Cc2cccc(OC)c2)(C2CCN(Cc3nc4ccccc4[nH]3)CC2)C1=O. The second-order valence-corrected chi connectivity index (χ2v) is 9.63. The van der Waals surface area contributed by atoms with Crippen molar-refractivity contribution < 1.29 is 19.1 Å². The molecule has 3 heterocycles. The first-order chi connectivity index (χ1) is 17.5. The number of nitrogens with one attached hydrogen (secondary N) is 2. The number of nitrogens with zero attached hydrogens (tertiary/aromatic N) is 3. The highest BCUT2D eigenvalue weighted by molar-refractivity contribution is 6.07. The van der Waals surface area contributed by atoms with Gasteiger partial charge in [-0.3, -0.25) is 14.6 Å². The molecule has 3 amide bonds. The maximum atomic E-state index is 13.8. The number of hydrogen-bond donors (Lipinski definition) is 2. The minimum atomic E-state index is -0.983. The Morgan fingerprint density at radius 3 is 2.64 bits per heavy atom. The topological polar surface area (TPSA) is 99.8 Å². The highest BCUT2D eigenvalue weighted by atomic mass is 16.5. The molecule has 2 aliphatic heterocycles. The van der Waals surface area contributed by atoms with Crippen LogP contribution < -0.4 is 10.1 Å². The minimum Gasteiger partial charge on any atom is -0.497 e. The third kappa shape index (κ3) is 4.68. The molecule has 1 unspecified atom stereocenters. The van der Waals surface area contributed by atoms with Gasteiger partial charge in [-0.1, -0.05) is 24.3 Å². The number of piperidine rings is 1. The van der Waals surface area contributed by atoms with Gasteiger partial charge >= 0.3 is 6.03 Å². The maximum absolute atomic E-state index is 13.8. The average molecular weight is 492 g/mol. The number of para-hydroxylation sites is 2. The number of likely N-dealkylation sites (tertiary alicyclic amines) is 1. The zero-order valence-corrected chi connectivity index (χ0v) is 20.8. The number of carbonyl (C=O) groups excluding carboxylic acids is 2. The van der Waals surface area contributed by atoms with Gasteiger partial charge in [0.2, 0.25) is 0 Å². The monoisotopic (exact) mass is 491 g/mol. The third-order valence-electron chi connectivity index (χ3n) is 7.43. The van der Waals surface area contributed by atoms with Gasteiger partial charge in [-0.2, -0.15) is 0 Å². The molecular weight excluding hydrogens is 458 g/mol. The molecule has 36 heavy (non-hydrogen) atoms. The molecule has 0 bridgehead atoms. The van der Waals surface area contributed by atoms with Crippen LogP contribution >= 0.6 is 0 Å². The van der Waals surface area contributed by atoms with Crippen molar-refractivity contribution in [3.8, 4) is 5.75 Å². The van der Waals surface area contributed by atoms with Crippen molar-refractivity contribution in [2.45, 2.75) is 31.3 Å². The van der Waals surface area contributed by atoms with Crippen molar-refractivity contribution in [3.63, 3.8) is 0 Å². The molecule has 2 aliphatic rings. The number of ether oxygens (including phenoxy) is 2. The van der Waals surface area contributed by atoms with E-state index in [9.17, 15) is 9.59 Å². The molecule has 2 saturated heterocycles. The van der Waals surface area contributed by atoms with Crippen LogP contribution in [0.15, 0.2) is 48.5 Å². The number of carbonyl (C=O) groups is 2. The lowest BCUT2D eigenvalue weighted by atomic mass is 9.74. The van der Waals surface area contributed by atoms with E-state index in [1.807, 2.05) is 48.5 Å². The van der Waals surface area contributed by atoms with E-state index in [1.165, 1.54) is 4.90 Å². The van der Waals surface area contributed by atoms with E-state index in [1.54, 1.807) is 14.2 Å². The first-order valence-electron chi connectivity index (χ1n) is 12.4. The second kappa shape index (κ2) is 10.3. The molecule has 0 radical (unpaired) electrons. The lowest BCUT2D eigenvalue weighted by Crippen LogP contribution is -2.57. The molecule has 2 aromatic carbocycles. The largest absolute Gasteiger partial charge is 0.497 e. The van der Waals surface area contributed by atoms with E-state index in [-0.39, 0.29) is 24.4 Å². The number of methoxy groups -OCH3 is 2. The number of fused-ring (bicyclic) bond motifs is 1. The quantitative estimate of drug-likeness (QED) is 0.447. The summed E-state index contributed by atoms with van der Waals surface area (Å²) in [5, 5.41) is 3.12. The van der Waals surface area contributed by atoms with E-state index >= 15 is 0 Å². The molecule has 5 rings (SSSR count). The van der Waals surface area contributed by atoms with Gasteiger partial charge in [0.05, 0.1) is 37.8 Å². The zero-order valence-electron chi connectivity index (χ0n) is 20.8. The molecule has 2 fully saturated rings. The molecule has 9 heteroatoms. The van der Waals surface area contributed by atoms with Crippen LogP contribution in [0.1, 0.15) is 24.2 Å². The van der Waals surface area contributed by atoms with Crippen molar-refractivity contribution in [2.75, 3.05) is 40.5 Å². The molecule has 2 N–H and O–H groups in total. The van der Waals surface area contributed by atoms with E-state index in [0.29, 0.717) is 13.0 Å². The van der Waals surface area contributed by atoms with Gasteiger partial charge in [-0.15, -0.1) is 0 Å². The predicted molar refractivity (Wildman–Crippen MR) is 136 cm³/mol. The molecular formula is C27H33N5O4. The number of rotatable bonds is 9. The Hall–Kier alpha value is -3.43. The van der Waals surface area contributed by atoms with E-state index in [2.05, 4.69) is 15.2 Å². The number of hydrogen-bond acceptors (Lipinski definition) is 6. The highest BCUT2D eigenvalue weighted by Gasteiger charge is 2.55. The molecule has 0 saturated carbocycles. The lowest BCUT2D eigenvalue weighted by molar-refractivity contribution is -0.134. The van der Waals surface area contributed by atoms with Crippen molar-refractivity contribution in [1.29, 1.82) is 0 Å². The summed E-state index contributed by atoms with van der Waals surface area (Å²) >= 11 is 0. The number of imidazole rings is 1. The molecule has 1 aromatic heterocycles. The van der Waals surface area contributed by atoms with Crippen molar-refractivity contribution >= 4 is 23.0 Å². The fourth-order valence-electron chi connectivity index (χ4n) is 5.55. The summed E-state index contributed by atoms with van der Waals surface area (Å²) in [4.78, 5) is 38.5. The van der Waals surface area contributed by atoms with E-state index < -0.39 is 5.54 Å². The maximum Gasteiger partial charge on any atom is 0.325 e. The summed E-state index contributed by atoms with van der Waals surface area (Å²) in [7, 11) is 3.20. The molecule has 190 valence electrons. The fraction of sp³-hybridized carbons (Fsp3) is 0.444. The Labute approximate surface area is 210 Å². The van der Waals surface area contributed by atoms with Crippen LogP contribution in [0.5, 0.6) is 5.75 Å². The molecule has 0 aliphatic carbocycles. The Kier molecular flexibility index (Phi) is 6.93. The number of imide groups is 1. The van der Waals surface area contributed by atoms with Crippen LogP contribution in [0.4, 0.5) is 4.79 Å². The van der Waals surface area contributed by atoms with Gasteiger partial charge in [0, 0.05) is 13.5 Å². The number of amides is 3. The Morgan fingerprint density at radius 2 is 1.89 bits per heavy atom. The van der Waals surface area contributed by atoms with Crippen LogP contribution in [0.3, 0.4) is 0 Å². The number of benzene rings is 2. The van der Waals surface area contributed by atoms with E-state index in [4.69, 9.17) is 14.5 Å². The standard InChI is InChI=1S/C27H33N5O4/c1-35-15-14-32-25(33)27(30-26(32)34,17-19-6-5-7-21(16-19)36-2)20-10-12-31(13-11-20)18-24-28-22-8-3-4-9-23(22)29-24/h3-9,16,20H,10-15,17-18H2,1-2H3,(H,28,29)(H,30,34). The Balaban J connectivity index is 1.34. The van der Waals surface area contributed by atoms with Gasteiger partial charge in [0.1, 0.15) is 17.1 Å². The van der Waals surface area contributed by atoms with Crippen LogP contribution in [-0.2, 0) is 22.5 Å². The first-order valence-corrected chi connectivity index (χ1v) is 12.4. The van der Waals surface area contributed by atoms with Gasteiger partial charge in [0.25, 0.3) is 5.91 Å².